The first-order valence-electron chi connectivity index (χ1n) is 8.94. The summed E-state index contributed by atoms with van der Waals surface area (Å²) in [5.74, 6) is -0.319. The highest BCUT2D eigenvalue weighted by atomic mass is 16.5. The normalized spacial score (nSPS) is 28.5. The van der Waals surface area contributed by atoms with E-state index in [9.17, 15) is 14.4 Å². The van der Waals surface area contributed by atoms with Crippen molar-refractivity contribution in [3.8, 4) is 0 Å². The predicted molar refractivity (Wildman–Crippen MR) is 90.1 cm³/mol. The number of hydrogen-bond donors (Lipinski definition) is 1. The number of carbonyl (C=O) groups is 2. The Hall–Kier alpha value is -2.15. The monoisotopic (exact) mass is 345 g/mol. The molecule has 2 saturated heterocycles. The fraction of sp³-hybridized carbons (Fsp3) is 0.611. The van der Waals surface area contributed by atoms with Crippen molar-refractivity contribution in [1.29, 1.82) is 0 Å². The zero-order valence-electron chi connectivity index (χ0n) is 14.3. The van der Waals surface area contributed by atoms with Crippen molar-refractivity contribution in [2.75, 3.05) is 13.1 Å². The van der Waals surface area contributed by atoms with Crippen LogP contribution in [0.3, 0.4) is 0 Å². The number of fused-ring (bicyclic) bond motifs is 2. The van der Waals surface area contributed by atoms with Crippen molar-refractivity contribution < 1.29 is 14.3 Å². The van der Waals surface area contributed by atoms with E-state index in [1.54, 1.807) is 24.1 Å². The minimum absolute atomic E-state index is 0.0543. The van der Waals surface area contributed by atoms with E-state index in [1.165, 1.54) is 17.1 Å². The van der Waals surface area contributed by atoms with E-state index in [1.807, 2.05) is 0 Å². The van der Waals surface area contributed by atoms with Crippen molar-refractivity contribution in [3.05, 3.63) is 34.2 Å². The third kappa shape index (κ3) is 2.97. The van der Waals surface area contributed by atoms with Crippen LogP contribution in [-0.4, -0.2) is 52.6 Å². The molecule has 3 fully saturated rings. The summed E-state index contributed by atoms with van der Waals surface area (Å²) in [5, 5.41) is 3.10. The molecule has 3 heterocycles. The Morgan fingerprint density at radius 2 is 2.04 bits per heavy atom. The van der Waals surface area contributed by atoms with Crippen LogP contribution < -0.4 is 10.9 Å². The van der Waals surface area contributed by atoms with Gasteiger partial charge < -0.3 is 19.5 Å². The first-order valence-corrected chi connectivity index (χ1v) is 8.94. The molecule has 25 heavy (non-hydrogen) atoms. The van der Waals surface area contributed by atoms with Crippen LogP contribution >= 0.6 is 0 Å². The van der Waals surface area contributed by atoms with Crippen LogP contribution in [0.5, 0.6) is 0 Å². The lowest BCUT2D eigenvalue weighted by molar-refractivity contribution is -0.129. The minimum Gasteiger partial charge on any atom is -0.370 e. The van der Waals surface area contributed by atoms with Gasteiger partial charge in [-0.3, -0.25) is 14.4 Å². The van der Waals surface area contributed by atoms with Crippen molar-refractivity contribution in [1.82, 2.24) is 14.8 Å². The summed E-state index contributed by atoms with van der Waals surface area (Å²) in [6.45, 7) is 0.854. The highest BCUT2D eigenvalue weighted by Crippen LogP contribution is 2.33. The number of amides is 2. The van der Waals surface area contributed by atoms with Gasteiger partial charge in [0.15, 0.2) is 0 Å². The van der Waals surface area contributed by atoms with E-state index in [2.05, 4.69) is 5.32 Å². The summed E-state index contributed by atoms with van der Waals surface area (Å²) >= 11 is 0. The molecule has 3 aliphatic rings. The van der Waals surface area contributed by atoms with Crippen molar-refractivity contribution in [2.45, 2.75) is 43.9 Å². The fourth-order valence-electron chi connectivity index (χ4n) is 3.90. The Morgan fingerprint density at radius 3 is 2.76 bits per heavy atom. The molecule has 7 heteroatoms. The number of carbonyl (C=O) groups excluding carboxylic acids is 2. The number of nitrogens with one attached hydrogen (secondary N) is 1. The maximum absolute atomic E-state index is 12.8. The number of ether oxygens (including phenoxy) is 1. The number of nitrogens with zero attached hydrogens (tertiary/aromatic N) is 2. The molecular weight excluding hydrogens is 322 g/mol. The molecule has 1 aromatic heterocycles. The topological polar surface area (TPSA) is 80.6 Å². The van der Waals surface area contributed by atoms with Crippen molar-refractivity contribution >= 4 is 11.8 Å². The molecule has 1 aliphatic carbocycles. The van der Waals surface area contributed by atoms with Gasteiger partial charge in [0.05, 0.1) is 18.1 Å². The van der Waals surface area contributed by atoms with Gasteiger partial charge >= 0.3 is 0 Å². The number of morpholine rings is 1. The molecule has 1 aromatic rings. The predicted octanol–water partition coefficient (Wildman–Crippen LogP) is 0.284. The second-order valence-electron chi connectivity index (χ2n) is 7.29. The molecule has 2 aliphatic heterocycles. The average molecular weight is 345 g/mol. The first-order chi connectivity index (χ1) is 12.0. The minimum atomic E-state index is -0.261. The van der Waals surface area contributed by atoms with Crippen LogP contribution in [0.2, 0.25) is 0 Å². The molecule has 7 nitrogen and oxygen atoms in total. The first kappa shape index (κ1) is 16.3. The lowest BCUT2D eigenvalue weighted by Gasteiger charge is -2.33. The Kier molecular flexibility index (Phi) is 4.11. The van der Waals surface area contributed by atoms with Crippen LogP contribution in [0, 0.1) is 5.92 Å². The molecule has 4 rings (SSSR count). The molecular formula is C18H23N3O4. The number of aromatic nitrogens is 1. The fourth-order valence-corrected chi connectivity index (χ4v) is 3.90. The van der Waals surface area contributed by atoms with Crippen LogP contribution in [0.4, 0.5) is 0 Å². The summed E-state index contributed by atoms with van der Waals surface area (Å²) < 4.78 is 7.27. The van der Waals surface area contributed by atoms with Gasteiger partial charge in [-0.1, -0.05) is 6.07 Å². The summed E-state index contributed by atoms with van der Waals surface area (Å²) in [6, 6.07) is 4.99. The van der Waals surface area contributed by atoms with Gasteiger partial charge in [0.2, 0.25) is 5.91 Å². The molecule has 1 saturated carbocycles. The lowest BCUT2D eigenvalue weighted by atomic mass is 9.91. The number of hydrogen-bond acceptors (Lipinski definition) is 4. The smallest absolute Gasteiger partial charge is 0.270 e. The molecule has 134 valence electrons. The van der Waals surface area contributed by atoms with Crippen LogP contribution in [-0.2, 0) is 16.6 Å². The van der Waals surface area contributed by atoms with E-state index in [4.69, 9.17) is 4.74 Å². The summed E-state index contributed by atoms with van der Waals surface area (Å²) in [5.41, 5.74) is 0.157. The molecule has 2 bridgehead atoms. The van der Waals surface area contributed by atoms with Gasteiger partial charge in [0, 0.05) is 32.2 Å². The Balaban J connectivity index is 1.46. The van der Waals surface area contributed by atoms with Gasteiger partial charge in [0.25, 0.3) is 11.5 Å². The zero-order valence-corrected chi connectivity index (χ0v) is 14.3. The van der Waals surface area contributed by atoms with Crippen LogP contribution in [0.15, 0.2) is 23.0 Å². The highest BCUT2D eigenvalue weighted by Gasteiger charge is 2.46. The molecule has 2 amide bonds. The highest BCUT2D eigenvalue weighted by molar-refractivity contribution is 5.93. The van der Waals surface area contributed by atoms with E-state index >= 15 is 0 Å². The quantitative estimate of drug-likeness (QED) is 0.853. The van der Waals surface area contributed by atoms with Gasteiger partial charge in [-0.2, -0.15) is 0 Å². The lowest BCUT2D eigenvalue weighted by Crippen LogP contribution is -2.49. The average Bonchev–Trinajstić information content (AvgIpc) is 2.87. The molecule has 0 radical (unpaired) electrons. The standard InChI is InChI=1S/C18H23N3O4/c1-20-14(6-3-7-16(20)22)18(24)21-9-12-8-13(15(10-21)25-12)17(23)19-11-4-2-5-11/h3,6-7,11-13,15H,2,4-5,8-10H2,1H3,(H,19,23). The Bertz CT molecular complexity index is 755. The number of pyridine rings is 1. The third-order valence-corrected chi connectivity index (χ3v) is 5.64. The van der Waals surface area contributed by atoms with E-state index < -0.39 is 0 Å². The number of likely N-dealkylation sites (tertiary alicyclic amines) is 1. The Morgan fingerprint density at radius 1 is 1.24 bits per heavy atom. The largest absolute Gasteiger partial charge is 0.370 e. The second-order valence-corrected chi connectivity index (χ2v) is 7.29. The van der Waals surface area contributed by atoms with Crippen molar-refractivity contribution in [3.63, 3.8) is 0 Å². The van der Waals surface area contributed by atoms with Gasteiger partial charge in [-0.05, 0) is 31.7 Å². The maximum atomic E-state index is 12.8. The van der Waals surface area contributed by atoms with Crippen molar-refractivity contribution in [2.24, 2.45) is 13.0 Å². The Labute approximate surface area is 145 Å². The van der Waals surface area contributed by atoms with Crippen LogP contribution in [0.1, 0.15) is 36.2 Å². The zero-order chi connectivity index (χ0) is 17.6. The van der Waals surface area contributed by atoms with E-state index in [0.717, 1.165) is 12.8 Å². The van der Waals surface area contributed by atoms with Gasteiger partial charge in [0.1, 0.15) is 5.69 Å². The SMILES string of the molecule is Cn1c(C(=O)N2CC3CC(C(=O)NC4CCC4)C(C2)O3)cccc1=O. The van der Waals surface area contributed by atoms with Gasteiger partial charge in [-0.15, -0.1) is 0 Å². The summed E-state index contributed by atoms with van der Waals surface area (Å²) in [4.78, 5) is 38.8. The maximum Gasteiger partial charge on any atom is 0.270 e. The molecule has 3 unspecified atom stereocenters. The molecule has 3 atom stereocenters. The molecule has 0 spiro atoms. The van der Waals surface area contributed by atoms with Crippen LogP contribution in [0.25, 0.3) is 0 Å². The second kappa shape index (κ2) is 6.29. The molecule has 0 aromatic carbocycles. The third-order valence-electron chi connectivity index (χ3n) is 5.64. The summed E-state index contributed by atoms with van der Waals surface area (Å²) in [6.07, 6.45) is 3.57. The van der Waals surface area contributed by atoms with E-state index in [-0.39, 0.29) is 35.5 Å². The number of rotatable bonds is 3. The summed E-state index contributed by atoms with van der Waals surface area (Å²) in [7, 11) is 1.60. The molecule has 1 N–H and O–H groups in total. The van der Waals surface area contributed by atoms with Gasteiger partial charge in [-0.25, -0.2) is 0 Å². The van der Waals surface area contributed by atoms with E-state index in [0.29, 0.717) is 31.2 Å².